The van der Waals surface area contributed by atoms with Gasteiger partial charge in [-0.2, -0.15) is 0 Å². The van der Waals surface area contributed by atoms with Crippen LogP contribution in [0.2, 0.25) is 0 Å². The molecule has 0 spiro atoms. The van der Waals surface area contributed by atoms with Crippen LogP contribution in [0.1, 0.15) is 29.4 Å². The number of rotatable bonds is 5. The van der Waals surface area contributed by atoms with Crippen molar-refractivity contribution in [1.29, 1.82) is 0 Å². The Morgan fingerprint density at radius 1 is 1.00 bits per heavy atom. The molecule has 0 fully saturated rings. The number of benzene rings is 2. The zero-order valence-electron chi connectivity index (χ0n) is 13.1. The van der Waals surface area contributed by atoms with Crippen molar-refractivity contribution in [3.63, 3.8) is 0 Å². The summed E-state index contributed by atoms with van der Waals surface area (Å²) in [5, 5.41) is 0. The van der Waals surface area contributed by atoms with E-state index in [9.17, 15) is 4.79 Å². The van der Waals surface area contributed by atoms with E-state index in [0.717, 1.165) is 23.0 Å². The van der Waals surface area contributed by atoms with Gasteiger partial charge in [-0.05, 0) is 24.1 Å². The monoisotopic (exact) mass is 305 g/mol. The molecule has 23 heavy (non-hydrogen) atoms. The lowest BCUT2D eigenvalue weighted by molar-refractivity contribution is 0.0737. The second kappa shape index (κ2) is 7.01. The van der Waals surface area contributed by atoms with Crippen LogP contribution in [0.3, 0.4) is 0 Å². The fourth-order valence-corrected chi connectivity index (χ4v) is 2.55. The first-order valence-electron chi connectivity index (χ1n) is 7.83. The summed E-state index contributed by atoms with van der Waals surface area (Å²) in [5.74, 6) is -0.0750. The molecule has 0 atom stereocenters. The molecule has 0 aliphatic heterocycles. The van der Waals surface area contributed by atoms with Gasteiger partial charge in [0.1, 0.15) is 5.69 Å². The molecule has 4 nitrogen and oxygen atoms in total. The highest BCUT2D eigenvalue weighted by molar-refractivity contribution is 5.93. The Hall–Kier alpha value is -2.75. The number of fused-ring (bicyclic) bond motifs is 1. The van der Waals surface area contributed by atoms with Crippen LogP contribution in [0.25, 0.3) is 11.0 Å². The van der Waals surface area contributed by atoms with Gasteiger partial charge in [0.2, 0.25) is 0 Å². The molecule has 0 saturated carbocycles. The Labute approximate surface area is 135 Å². The molecule has 0 saturated heterocycles. The smallest absolute Gasteiger partial charge is 0.274 e. The minimum absolute atomic E-state index is 0.0750. The molecule has 0 radical (unpaired) electrons. The highest BCUT2D eigenvalue weighted by Gasteiger charge is 2.17. The van der Waals surface area contributed by atoms with Gasteiger partial charge in [0.25, 0.3) is 5.91 Å². The normalized spacial score (nSPS) is 10.7. The van der Waals surface area contributed by atoms with Crippen molar-refractivity contribution in [3.05, 3.63) is 72.1 Å². The second-order valence-electron chi connectivity index (χ2n) is 5.46. The van der Waals surface area contributed by atoms with Crippen LogP contribution in [0, 0.1) is 0 Å². The Balaban J connectivity index is 1.87. The standard InChI is InChI=1S/C19H19N3O/c1-2-12-22(14-15-8-4-3-5-9-15)19(23)18-13-20-16-10-6-7-11-17(16)21-18/h3-11,13H,2,12,14H2,1H3. The van der Waals surface area contributed by atoms with Gasteiger partial charge in [0, 0.05) is 13.1 Å². The topological polar surface area (TPSA) is 46.1 Å². The van der Waals surface area contributed by atoms with E-state index in [1.165, 1.54) is 0 Å². The first-order chi connectivity index (χ1) is 11.3. The van der Waals surface area contributed by atoms with Crippen LogP contribution in [0.4, 0.5) is 0 Å². The maximum absolute atomic E-state index is 12.8. The molecule has 3 aromatic rings. The van der Waals surface area contributed by atoms with E-state index in [0.29, 0.717) is 18.8 Å². The molecule has 1 amide bonds. The van der Waals surface area contributed by atoms with Gasteiger partial charge in [-0.15, -0.1) is 0 Å². The molecule has 2 aromatic carbocycles. The van der Waals surface area contributed by atoms with Crippen molar-refractivity contribution < 1.29 is 4.79 Å². The van der Waals surface area contributed by atoms with E-state index >= 15 is 0 Å². The van der Waals surface area contributed by atoms with E-state index < -0.39 is 0 Å². The van der Waals surface area contributed by atoms with E-state index in [4.69, 9.17) is 0 Å². The summed E-state index contributed by atoms with van der Waals surface area (Å²) in [6.07, 6.45) is 2.47. The summed E-state index contributed by atoms with van der Waals surface area (Å²) >= 11 is 0. The first-order valence-corrected chi connectivity index (χ1v) is 7.83. The average molecular weight is 305 g/mol. The summed E-state index contributed by atoms with van der Waals surface area (Å²) in [6.45, 7) is 3.35. The van der Waals surface area contributed by atoms with Gasteiger partial charge in [-0.3, -0.25) is 9.78 Å². The molecule has 0 bridgehead atoms. The molecular formula is C19H19N3O. The van der Waals surface area contributed by atoms with Crippen molar-refractivity contribution in [3.8, 4) is 0 Å². The Kier molecular flexibility index (Phi) is 4.62. The Bertz CT molecular complexity index is 802. The summed E-state index contributed by atoms with van der Waals surface area (Å²) < 4.78 is 0. The lowest BCUT2D eigenvalue weighted by atomic mass is 10.2. The molecule has 0 unspecified atom stereocenters. The second-order valence-corrected chi connectivity index (χ2v) is 5.46. The quantitative estimate of drug-likeness (QED) is 0.722. The number of carbonyl (C=O) groups excluding carboxylic acids is 1. The van der Waals surface area contributed by atoms with Gasteiger partial charge in [-0.1, -0.05) is 49.4 Å². The third-order valence-electron chi connectivity index (χ3n) is 3.66. The predicted octanol–water partition coefficient (Wildman–Crippen LogP) is 3.68. The van der Waals surface area contributed by atoms with Gasteiger partial charge in [0.15, 0.2) is 0 Å². The van der Waals surface area contributed by atoms with Gasteiger partial charge < -0.3 is 4.90 Å². The number of hydrogen-bond donors (Lipinski definition) is 0. The van der Waals surface area contributed by atoms with Gasteiger partial charge >= 0.3 is 0 Å². The summed E-state index contributed by atoms with van der Waals surface area (Å²) in [6, 6.07) is 17.6. The lowest BCUT2D eigenvalue weighted by Gasteiger charge is -2.21. The van der Waals surface area contributed by atoms with Crippen molar-refractivity contribution in [2.45, 2.75) is 19.9 Å². The van der Waals surface area contributed by atoms with Crippen LogP contribution in [-0.4, -0.2) is 27.3 Å². The molecule has 116 valence electrons. The SMILES string of the molecule is CCCN(Cc1ccccc1)C(=O)c1cnc2ccccc2n1. The van der Waals surface area contributed by atoms with Gasteiger partial charge in [-0.25, -0.2) is 4.98 Å². The number of hydrogen-bond acceptors (Lipinski definition) is 3. The maximum Gasteiger partial charge on any atom is 0.274 e. The van der Waals surface area contributed by atoms with Crippen molar-refractivity contribution >= 4 is 16.9 Å². The molecule has 1 heterocycles. The number of amides is 1. The number of carbonyl (C=O) groups is 1. The predicted molar refractivity (Wildman–Crippen MR) is 91.0 cm³/mol. The van der Waals surface area contributed by atoms with Crippen LogP contribution < -0.4 is 0 Å². The van der Waals surface area contributed by atoms with Crippen molar-refractivity contribution in [2.24, 2.45) is 0 Å². The maximum atomic E-state index is 12.8. The molecule has 0 aliphatic rings. The van der Waals surface area contributed by atoms with Crippen LogP contribution in [0.5, 0.6) is 0 Å². The molecule has 1 aromatic heterocycles. The highest BCUT2D eigenvalue weighted by Crippen LogP contribution is 2.12. The summed E-state index contributed by atoms with van der Waals surface area (Å²) in [4.78, 5) is 23.4. The number of aromatic nitrogens is 2. The lowest BCUT2D eigenvalue weighted by Crippen LogP contribution is -2.32. The molecular weight excluding hydrogens is 286 g/mol. The summed E-state index contributed by atoms with van der Waals surface area (Å²) in [5.41, 5.74) is 3.06. The number of para-hydroxylation sites is 2. The molecule has 4 heteroatoms. The van der Waals surface area contributed by atoms with E-state index in [1.807, 2.05) is 59.5 Å². The molecule has 0 N–H and O–H groups in total. The van der Waals surface area contributed by atoms with E-state index in [2.05, 4.69) is 16.9 Å². The highest BCUT2D eigenvalue weighted by atomic mass is 16.2. The number of nitrogens with zero attached hydrogens (tertiary/aromatic N) is 3. The Morgan fingerprint density at radius 2 is 1.70 bits per heavy atom. The van der Waals surface area contributed by atoms with Crippen LogP contribution >= 0.6 is 0 Å². The fourth-order valence-electron chi connectivity index (χ4n) is 2.55. The van der Waals surface area contributed by atoms with Crippen molar-refractivity contribution in [1.82, 2.24) is 14.9 Å². The Morgan fingerprint density at radius 3 is 2.43 bits per heavy atom. The minimum Gasteiger partial charge on any atom is -0.333 e. The van der Waals surface area contributed by atoms with Crippen LogP contribution in [0.15, 0.2) is 60.8 Å². The van der Waals surface area contributed by atoms with Crippen molar-refractivity contribution in [2.75, 3.05) is 6.54 Å². The van der Waals surface area contributed by atoms with Crippen LogP contribution in [-0.2, 0) is 6.54 Å². The third-order valence-corrected chi connectivity index (χ3v) is 3.66. The molecule has 3 rings (SSSR count). The fraction of sp³-hybridized carbons (Fsp3) is 0.211. The summed E-state index contributed by atoms with van der Waals surface area (Å²) in [7, 11) is 0. The van der Waals surface area contributed by atoms with E-state index in [1.54, 1.807) is 6.20 Å². The molecule has 0 aliphatic carbocycles. The average Bonchev–Trinajstić information content (AvgIpc) is 2.61. The zero-order valence-corrected chi connectivity index (χ0v) is 13.1. The zero-order chi connectivity index (χ0) is 16.1. The van der Waals surface area contributed by atoms with E-state index in [-0.39, 0.29) is 5.91 Å². The minimum atomic E-state index is -0.0750. The van der Waals surface area contributed by atoms with Gasteiger partial charge in [0.05, 0.1) is 17.2 Å². The third kappa shape index (κ3) is 3.54. The first kappa shape index (κ1) is 15.2. The largest absolute Gasteiger partial charge is 0.333 e.